The normalized spacial score (nSPS) is 14.5. The Bertz CT molecular complexity index is 694. The Labute approximate surface area is 128 Å². The van der Waals surface area contributed by atoms with Gasteiger partial charge in [-0.15, -0.1) is 11.3 Å². The van der Waals surface area contributed by atoms with Gasteiger partial charge in [-0.1, -0.05) is 12.1 Å². The summed E-state index contributed by atoms with van der Waals surface area (Å²) >= 11 is 0.788. The minimum atomic E-state index is -4.51. The van der Waals surface area contributed by atoms with E-state index in [1.165, 1.54) is 18.2 Å². The van der Waals surface area contributed by atoms with Gasteiger partial charge in [0.15, 0.2) is 22.3 Å². The van der Waals surface area contributed by atoms with E-state index in [2.05, 4.69) is 10.3 Å². The second kappa shape index (κ2) is 5.68. The number of halogens is 4. The van der Waals surface area contributed by atoms with Gasteiger partial charge in [-0.3, -0.25) is 4.79 Å². The molecule has 0 aliphatic heterocycles. The number of anilines is 2. The Kier molecular flexibility index (Phi) is 4.23. The topological polar surface area (TPSA) is 42.0 Å². The number of carbonyl (C=O) groups excluding carboxylic acids is 1. The van der Waals surface area contributed by atoms with Gasteiger partial charge in [0.05, 0.1) is 0 Å². The average Bonchev–Trinajstić information content (AvgIpc) is 2.87. The number of thiazole rings is 1. The smallest absolute Gasteiger partial charge is 0.332 e. The van der Waals surface area contributed by atoms with Crippen LogP contribution in [0.5, 0.6) is 0 Å². The Morgan fingerprint density at radius 2 is 1.95 bits per heavy atom. The van der Waals surface area contributed by atoms with E-state index in [1.54, 1.807) is 6.07 Å². The molecule has 22 heavy (non-hydrogen) atoms. The molecule has 8 heteroatoms. The number of alkyl halides is 4. The second-order valence-corrected chi connectivity index (χ2v) is 5.66. The summed E-state index contributed by atoms with van der Waals surface area (Å²) in [5, 5.41) is 3.60. The van der Waals surface area contributed by atoms with Gasteiger partial charge in [0.1, 0.15) is 0 Å². The zero-order valence-corrected chi connectivity index (χ0v) is 12.5. The summed E-state index contributed by atoms with van der Waals surface area (Å²) < 4.78 is 51.7. The van der Waals surface area contributed by atoms with Gasteiger partial charge in [0.25, 0.3) is 0 Å². The quantitative estimate of drug-likeness (QED) is 0.827. The fraction of sp³-hybridized carbons (Fsp3) is 0.286. The third-order valence-electron chi connectivity index (χ3n) is 3.11. The van der Waals surface area contributed by atoms with Crippen molar-refractivity contribution in [1.29, 1.82) is 0 Å². The second-order valence-electron chi connectivity index (χ2n) is 4.80. The van der Waals surface area contributed by atoms with Gasteiger partial charge in [0.2, 0.25) is 0 Å². The van der Waals surface area contributed by atoms with Crippen LogP contribution < -0.4 is 5.32 Å². The third-order valence-corrected chi connectivity index (χ3v) is 3.87. The summed E-state index contributed by atoms with van der Waals surface area (Å²) in [7, 11) is 0. The predicted octanol–water partition coefficient (Wildman–Crippen LogP) is 4.68. The molecule has 0 amide bonds. The summed E-state index contributed by atoms with van der Waals surface area (Å²) in [4.78, 5) is 14.7. The van der Waals surface area contributed by atoms with Gasteiger partial charge >= 0.3 is 6.18 Å². The number of Topliss-reactive ketones (excluding diaryl/α,β-unsaturated/α-hetero) is 1. The van der Waals surface area contributed by atoms with Crippen molar-refractivity contribution in [2.24, 2.45) is 0 Å². The van der Waals surface area contributed by atoms with Gasteiger partial charge in [-0.25, -0.2) is 9.37 Å². The van der Waals surface area contributed by atoms with E-state index in [0.717, 1.165) is 30.6 Å². The molecule has 1 aromatic heterocycles. The molecule has 0 aliphatic rings. The molecule has 0 fully saturated rings. The fourth-order valence-corrected chi connectivity index (χ4v) is 2.41. The fourth-order valence-electron chi connectivity index (χ4n) is 1.68. The maximum Gasteiger partial charge on any atom is 0.434 e. The third kappa shape index (κ3) is 3.44. The first-order valence-electron chi connectivity index (χ1n) is 6.21. The summed E-state index contributed by atoms with van der Waals surface area (Å²) in [6, 6.07) is 5.87. The maximum atomic E-state index is 14.3. The lowest BCUT2D eigenvalue weighted by atomic mass is 9.94. The van der Waals surface area contributed by atoms with Crippen molar-refractivity contribution in [1.82, 2.24) is 4.98 Å². The van der Waals surface area contributed by atoms with Crippen LogP contribution >= 0.6 is 11.3 Å². The molecule has 0 radical (unpaired) electrons. The number of rotatable bonds is 4. The number of nitrogens with zero attached hydrogens (tertiary/aromatic N) is 1. The zero-order chi connectivity index (χ0) is 16.5. The van der Waals surface area contributed by atoms with Crippen molar-refractivity contribution >= 4 is 27.9 Å². The predicted molar refractivity (Wildman–Crippen MR) is 76.0 cm³/mol. The Hall–Kier alpha value is -1.96. The Morgan fingerprint density at radius 1 is 1.27 bits per heavy atom. The van der Waals surface area contributed by atoms with Crippen molar-refractivity contribution < 1.29 is 22.4 Å². The molecule has 0 aliphatic carbocycles. The maximum absolute atomic E-state index is 14.3. The molecule has 3 nitrogen and oxygen atoms in total. The van der Waals surface area contributed by atoms with E-state index in [9.17, 15) is 22.4 Å². The number of nitrogens with one attached hydrogen (secondary N) is 1. The standard InChI is InChI=1S/C14H12F4N2OS/c1-8(21)13(2,15)9-4-3-5-10(6-9)19-12-20-11(7-22-12)14(16,17)18/h3-7H,1-2H3,(H,19,20). The molecule has 0 spiro atoms. The summed E-state index contributed by atoms with van der Waals surface area (Å²) in [6.07, 6.45) is -4.51. The largest absolute Gasteiger partial charge is 0.434 e. The zero-order valence-electron chi connectivity index (χ0n) is 11.7. The Balaban J connectivity index is 2.24. The monoisotopic (exact) mass is 332 g/mol. The van der Waals surface area contributed by atoms with Crippen LogP contribution in [0.25, 0.3) is 0 Å². The van der Waals surface area contributed by atoms with Crippen LogP contribution in [-0.2, 0) is 16.6 Å². The lowest BCUT2D eigenvalue weighted by Crippen LogP contribution is -2.24. The van der Waals surface area contributed by atoms with Crippen LogP contribution in [0.2, 0.25) is 0 Å². The number of hydrogen-bond donors (Lipinski definition) is 1. The molecular formula is C14H12F4N2OS. The van der Waals surface area contributed by atoms with Crippen LogP contribution in [0.15, 0.2) is 29.6 Å². The molecule has 0 bridgehead atoms. The van der Waals surface area contributed by atoms with Crippen molar-refractivity contribution in [3.8, 4) is 0 Å². The van der Waals surface area contributed by atoms with Gasteiger partial charge in [0, 0.05) is 11.1 Å². The van der Waals surface area contributed by atoms with Gasteiger partial charge < -0.3 is 5.32 Å². The van der Waals surface area contributed by atoms with E-state index < -0.39 is 23.3 Å². The highest BCUT2D eigenvalue weighted by Crippen LogP contribution is 2.33. The van der Waals surface area contributed by atoms with Crippen molar-refractivity contribution in [3.05, 3.63) is 40.9 Å². The molecule has 118 valence electrons. The summed E-state index contributed by atoms with van der Waals surface area (Å²) in [6.45, 7) is 2.27. The van der Waals surface area contributed by atoms with E-state index in [4.69, 9.17) is 0 Å². The summed E-state index contributed by atoms with van der Waals surface area (Å²) in [5.74, 6) is -0.654. The minimum absolute atomic E-state index is 0.0351. The van der Waals surface area contributed by atoms with Crippen molar-refractivity contribution in [2.45, 2.75) is 25.7 Å². The Morgan fingerprint density at radius 3 is 2.50 bits per heavy atom. The van der Waals surface area contributed by atoms with Crippen molar-refractivity contribution in [3.63, 3.8) is 0 Å². The number of benzene rings is 1. The van der Waals surface area contributed by atoms with Crippen LogP contribution in [0.4, 0.5) is 28.4 Å². The number of aromatic nitrogens is 1. The summed E-state index contributed by atoms with van der Waals surface area (Å²) in [5.41, 5.74) is -2.67. The van der Waals surface area contributed by atoms with Crippen LogP contribution in [0.1, 0.15) is 25.1 Å². The first-order chi connectivity index (χ1) is 10.1. The SMILES string of the molecule is CC(=O)C(C)(F)c1cccc(Nc2nc(C(F)(F)F)cs2)c1. The molecule has 1 aromatic carbocycles. The first kappa shape index (κ1) is 16.4. The molecule has 1 N–H and O–H groups in total. The first-order valence-corrected chi connectivity index (χ1v) is 7.09. The van der Waals surface area contributed by atoms with E-state index in [0.29, 0.717) is 5.69 Å². The van der Waals surface area contributed by atoms with Crippen molar-refractivity contribution in [2.75, 3.05) is 5.32 Å². The molecule has 1 atom stereocenters. The number of hydrogen-bond acceptors (Lipinski definition) is 4. The molecule has 1 heterocycles. The molecule has 2 rings (SSSR count). The van der Waals surface area contributed by atoms with Crippen LogP contribution in [-0.4, -0.2) is 10.8 Å². The number of carbonyl (C=O) groups is 1. The van der Waals surface area contributed by atoms with E-state index >= 15 is 0 Å². The van der Waals surface area contributed by atoms with E-state index in [1.807, 2.05) is 0 Å². The number of ketones is 1. The molecule has 0 saturated carbocycles. The lowest BCUT2D eigenvalue weighted by molar-refractivity contribution is -0.140. The highest BCUT2D eigenvalue weighted by molar-refractivity contribution is 7.13. The molecule has 0 saturated heterocycles. The average molecular weight is 332 g/mol. The highest BCUT2D eigenvalue weighted by Gasteiger charge is 2.34. The van der Waals surface area contributed by atoms with Gasteiger partial charge in [-0.05, 0) is 31.5 Å². The molecule has 2 aromatic rings. The molecular weight excluding hydrogens is 320 g/mol. The van der Waals surface area contributed by atoms with Crippen LogP contribution in [0.3, 0.4) is 0 Å². The molecule has 1 unspecified atom stereocenters. The van der Waals surface area contributed by atoms with Crippen LogP contribution in [0, 0.1) is 0 Å². The lowest BCUT2D eigenvalue weighted by Gasteiger charge is -2.18. The van der Waals surface area contributed by atoms with Gasteiger partial charge in [-0.2, -0.15) is 13.2 Å². The van der Waals surface area contributed by atoms with E-state index in [-0.39, 0.29) is 10.7 Å². The minimum Gasteiger partial charge on any atom is -0.332 e. The highest BCUT2D eigenvalue weighted by atomic mass is 32.1.